The van der Waals surface area contributed by atoms with Gasteiger partial charge < -0.3 is 42.0 Å². The van der Waals surface area contributed by atoms with Crippen molar-refractivity contribution in [3.63, 3.8) is 0 Å². The highest BCUT2D eigenvalue weighted by molar-refractivity contribution is 5.93. The lowest BCUT2D eigenvalue weighted by atomic mass is 10.0. The predicted octanol–water partition coefficient (Wildman–Crippen LogP) is -0.497. The van der Waals surface area contributed by atoms with Crippen molar-refractivity contribution >= 4 is 23.6 Å². The number of phenolic OH excluding ortho intramolecular Hbond substituents is 1. The van der Waals surface area contributed by atoms with E-state index in [1.165, 1.54) is 33.3 Å². The first-order valence-corrected chi connectivity index (χ1v) is 11.9. The Morgan fingerprint density at radius 2 is 1.50 bits per heavy atom. The number of ether oxygens (including phenoxy) is 2. The van der Waals surface area contributed by atoms with Crippen LogP contribution >= 0.6 is 0 Å². The zero-order chi connectivity index (χ0) is 28.2. The van der Waals surface area contributed by atoms with Crippen molar-refractivity contribution in [3.05, 3.63) is 53.6 Å². The molecule has 0 aromatic heterocycles. The number of benzene rings is 2. The highest BCUT2D eigenvalue weighted by Crippen LogP contribution is 2.28. The number of hydrogen-bond acceptors (Lipinski definition) is 8. The van der Waals surface area contributed by atoms with Gasteiger partial charge in [-0.15, -0.1) is 0 Å². The minimum atomic E-state index is -1.03. The molecule has 0 aliphatic carbocycles. The second-order valence-corrected chi connectivity index (χ2v) is 8.67. The molecule has 38 heavy (non-hydrogen) atoms. The molecule has 2 aromatic carbocycles. The average Bonchev–Trinajstić information content (AvgIpc) is 2.88. The van der Waals surface area contributed by atoms with Crippen molar-refractivity contribution in [3.8, 4) is 17.2 Å². The second-order valence-electron chi connectivity index (χ2n) is 8.67. The first-order chi connectivity index (χ1) is 18.0. The van der Waals surface area contributed by atoms with Gasteiger partial charge >= 0.3 is 0 Å². The van der Waals surface area contributed by atoms with Crippen LogP contribution < -0.4 is 36.9 Å². The maximum absolute atomic E-state index is 12.9. The lowest BCUT2D eigenvalue weighted by Gasteiger charge is -2.22. The van der Waals surface area contributed by atoms with Crippen LogP contribution in [0.15, 0.2) is 42.5 Å². The number of aromatic hydroxyl groups is 1. The van der Waals surface area contributed by atoms with Gasteiger partial charge in [0, 0.05) is 19.4 Å². The van der Waals surface area contributed by atoms with E-state index in [2.05, 4.69) is 16.0 Å². The van der Waals surface area contributed by atoms with Gasteiger partial charge in [0.05, 0.1) is 20.3 Å². The fourth-order valence-corrected chi connectivity index (χ4v) is 3.55. The molecule has 8 N–H and O–H groups in total. The molecule has 0 spiro atoms. The van der Waals surface area contributed by atoms with Crippen LogP contribution in [0, 0.1) is 0 Å². The maximum Gasteiger partial charge on any atom is 0.242 e. The van der Waals surface area contributed by atoms with Crippen LogP contribution in [0.5, 0.6) is 17.2 Å². The fourth-order valence-electron chi connectivity index (χ4n) is 3.55. The zero-order valence-electron chi connectivity index (χ0n) is 21.7. The number of nitrogens with two attached hydrogens (primary N) is 2. The Kier molecular flexibility index (Phi) is 11.4. The molecule has 0 aliphatic heterocycles. The number of hydrogen-bond donors (Lipinski definition) is 6. The number of amides is 4. The van der Waals surface area contributed by atoms with Gasteiger partial charge in [-0.3, -0.25) is 19.2 Å². The Hall–Kier alpha value is -4.32. The predicted molar refractivity (Wildman–Crippen MR) is 139 cm³/mol. The van der Waals surface area contributed by atoms with Crippen LogP contribution in [-0.4, -0.2) is 67.6 Å². The number of rotatable bonds is 14. The Labute approximate surface area is 221 Å². The van der Waals surface area contributed by atoms with E-state index in [0.717, 1.165) is 5.56 Å². The van der Waals surface area contributed by atoms with Crippen LogP contribution in [0.25, 0.3) is 0 Å². The normalized spacial score (nSPS) is 12.9. The third-order valence-electron chi connectivity index (χ3n) is 5.67. The van der Waals surface area contributed by atoms with E-state index in [4.69, 9.17) is 20.9 Å². The van der Waals surface area contributed by atoms with Crippen molar-refractivity contribution in [2.24, 2.45) is 11.5 Å². The Morgan fingerprint density at radius 1 is 0.868 bits per heavy atom. The largest absolute Gasteiger partial charge is 0.508 e. The van der Waals surface area contributed by atoms with E-state index in [-0.39, 0.29) is 31.6 Å². The van der Waals surface area contributed by atoms with Gasteiger partial charge in [0.2, 0.25) is 23.6 Å². The molecule has 0 aliphatic rings. The van der Waals surface area contributed by atoms with Gasteiger partial charge in [-0.1, -0.05) is 18.2 Å². The highest BCUT2D eigenvalue weighted by atomic mass is 16.5. The van der Waals surface area contributed by atoms with Gasteiger partial charge in [-0.25, -0.2) is 0 Å². The first-order valence-electron chi connectivity index (χ1n) is 11.9. The molecule has 2 aromatic rings. The lowest BCUT2D eigenvalue weighted by Crippen LogP contribution is -2.55. The van der Waals surface area contributed by atoms with E-state index in [1.54, 1.807) is 30.3 Å². The molecule has 2 rings (SSSR count). The van der Waals surface area contributed by atoms with E-state index >= 15 is 0 Å². The van der Waals surface area contributed by atoms with Crippen molar-refractivity contribution < 1.29 is 33.8 Å². The van der Waals surface area contributed by atoms with Crippen LogP contribution in [0.1, 0.15) is 24.5 Å². The van der Waals surface area contributed by atoms with E-state index < -0.39 is 41.8 Å². The molecule has 0 heterocycles. The molecule has 0 saturated heterocycles. The molecule has 0 fully saturated rings. The molecule has 0 bridgehead atoms. The lowest BCUT2D eigenvalue weighted by molar-refractivity contribution is -0.132. The Bertz CT molecular complexity index is 1120. The van der Waals surface area contributed by atoms with Gasteiger partial charge in [0.25, 0.3) is 0 Å². The minimum Gasteiger partial charge on any atom is -0.508 e. The quantitative estimate of drug-likeness (QED) is 0.188. The SMILES string of the molecule is COc1ccc(C[C@H](NC(=O)[C@@H](C)NC(=O)[C@@H](N)Cc2ccc(O)cc2)C(=O)NCCC(N)=O)cc1OC. The molecule has 3 atom stereocenters. The van der Waals surface area contributed by atoms with Crippen molar-refractivity contribution in [2.75, 3.05) is 20.8 Å². The topological polar surface area (TPSA) is 195 Å². The van der Waals surface area contributed by atoms with Gasteiger partial charge in [-0.2, -0.15) is 0 Å². The van der Waals surface area contributed by atoms with Gasteiger partial charge in [0.1, 0.15) is 17.8 Å². The smallest absolute Gasteiger partial charge is 0.242 e. The van der Waals surface area contributed by atoms with E-state index in [0.29, 0.717) is 17.1 Å². The van der Waals surface area contributed by atoms with Crippen LogP contribution in [0.4, 0.5) is 0 Å². The molecule has 0 saturated carbocycles. The zero-order valence-corrected chi connectivity index (χ0v) is 21.7. The van der Waals surface area contributed by atoms with Crippen LogP contribution in [0.3, 0.4) is 0 Å². The highest BCUT2D eigenvalue weighted by Gasteiger charge is 2.26. The van der Waals surface area contributed by atoms with Crippen LogP contribution in [-0.2, 0) is 32.0 Å². The molecule has 12 heteroatoms. The minimum absolute atomic E-state index is 0.00484. The summed E-state index contributed by atoms with van der Waals surface area (Å²) in [5.74, 6) is -1.22. The monoisotopic (exact) mass is 529 g/mol. The second kappa shape index (κ2) is 14.4. The number of methoxy groups -OCH3 is 2. The number of nitrogens with one attached hydrogen (secondary N) is 3. The van der Waals surface area contributed by atoms with Gasteiger partial charge in [0.15, 0.2) is 11.5 Å². The molecule has 206 valence electrons. The summed E-state index contributed by atoms with van der Waals surface area (Å²) in [4.78, 5) is 49.4. The van der Waals surface area contributed by atoms with E-state index in [1.807, 2.05) is 0 Å². The molecule has 0 radical (unpaired) electrons. The third-order valence-corrected chi connectivity index (χ3v) is 5.67. The molecule has 12 nitrogen and oxygen atoms in total. The van der Waals surface area contributed by atoms with Crippen molar-refractivity contribution in [2.45, 2.75) is 44.3 Å². The summed E-state index contributed by atoms with van der Waals surface area (Å²) in [7, 11) is 2.98. The number of primary amides is 1. The maximum atomic E-state index is 12.9. The fraction of sp³-hybridized carbons (Fsp3) is 0.385. The molecule has 4 amide bonds. The summed E-state index contributed by atoms with van der Waals surface area (Å²) in [6.07, 6.45) is 0.230. The summed E-state index contributed by atoms with van der Waals surface area (Å²) in [5, 5.41) is 17.2. The van der Waals surface area contributed by atoms with Crippen molar-refractivity contribution in [1.82, 2.24) is 16.0 Å². The summed E-state index contributed by atoms with van der Waals surface area (Å²) >= 11 is 0. The number of carbonyl (C=O) groups is 4. The molecule has 0 unspecified atom stereocenters. The average molecular weight is 530 g/mol. The van der Waals surface area contributed by atoms with E-state index in [9.17, 15) is 24.3 Å². The summed E-state index contributed by atoms with van der Waals surface area (Å²) in [6, 6.07) is 8.39. The first kappa shape index (κ1) is 29.9. The van der Waals surface area contributed by atoms with Crippen molar-refractivity contribution in [1.29, 1.82) is 0 Å². The molecular weight excluding hydrogens is 494 g/mol. The van der Waals surface area contributed by atoms with Crippen LogP contribution in [0.2, 0.25) is 0 Å². The standard InChI is InChI=1S/C26H35N5O7/c1-15(30-25(35)19(27)12-16-4-7-18(32)8-5-16)24(34)31-20(26(36)29-11-10-23(28)33)13-17-6-9-21(37-2)22(14-17)38-3/h4-9,14-15,19-20,32H,10-13,27H2,1-3H3,(H2,28,33)(H,29,36)(H,30,35)(H,31,34)/t15-,19+,20+/m1/s1. The number of carbonyl (C=O) groups excluding carboxylic acids is 4. The Balaban J connectivity index is 2.07. The van der Waals surface area contributed by atoms with Gasteiger partial charge in [-0.05, 0) is 48.7 Å². The number of phenols is 1. The molecular formula is C26H35N5O7. The Morgan fingerprint density at radius 3 is 2.11 bits per heavy atom. The third kappa shape index (κ3) is 9.28. The summed E-state index contributed by atoms with van der Waals surface area (Å²) in [5.41, 5.74) is 12.5. The summed E-state index contributed by atoms with van der Waals surface area (Å²) < 4.78 is 10.5. The summed E-state index contributed by atoms with van der Waals surface area (Å²) in [6.45, 7) is 1.48.